The second-order valence-corrected chi connectivity index (χ2v) is 2.86. The van der Waals surface area contributed by atoms with Gasteiger partial charge in [0.05, 0.1) is 12.7 Å². The molecule has 4 nitrogen and oxygen atoms in total. The molecule has 2 N–H and O–H groups in total. The number of nitrogens with two attached hydrogens (primary N) is 1. The van der Waals surface area contributed by atoms with E-state index in [0.717, 1.165) is 13.2 Å². The largest absolute Gasteiger partial charge is 0.464 e. The average molecular weight is 234 g/mol. The minimum Gasteiger partial charge on any atom is -0.464 e. The zero-order valence-corrected chi connectivity index (χ0v) is 8.34. The number of nitrogens with zero attached hydrogens (tertiary/aromatic N) is 1. The van der Waals surface area contributed by atoms with E-state index in [4.69, 9.17) is 5.73 Å². The molecule has 0 spiro atoms. The fourth-order valence-corrected chi connectivity index (χ4v) is 1.24. The van der Waals surface area contributed by atoms with Crippen molar-refractivity contribution in [2.45, 2.75) is 13.0 Å². The van der Waals surface area contributed by atoms with E-state index in [1.165, 1.54) is 0 Å². The first kappa shape index (κ1) is 12.4. The van der Waals surface area contributed by atoms with E-state index in [9.17, 15) is 18.0 Å². The number of aromatic nitrogens is 1. The van der Waals surface area contributed by atoms with E-state index < -0.39 is 29.6 Å². The van der Waals surface area contributed by atoms with Gasteiger partial charge >= 0.3 is 5.97 Å². The molecule has 0 aliphatic heterocycles. The Balaban J connectivity index is 3.44. The highest BCUT2D eigenvalue weighted by Crippen LogP contribution is 2.26. The van der Waals surface area contributed by atoms with Gasteiger partial charge in [0.25, 0.3) is 6.43 Å². The van der Waals surface area contributed by atoms with Gasteiger partial charge in [0.2, 0.25) is 5.95 Å². The van der Waals surface area contributed by atoms with Gasteiger partial charge in [-0.1, -0.05) is 0 Å². The minimum absolute atomic E-state index is 0.164. The maximum atomic E-state index is 12.9. The Hall–Kier alpha value is -1.63. The molecule has 0 atom stereocenters. The van der Waals surface area contributed by atoms with Crippen LogP contribution in [0.2, 0.25) is 0 Å². The van der Waals surface area contributed by atoms with Crippen molar-refractivity contribution < 1.29 is 22.7 Å². The van der Waals surface area contributed by atoms with Crippen LogP contribution in [0, 0.1) is 5.95 Å². The van der Waals surface area contributed by atoms with Gasteiger partial charge in [0.1, 0.15) is 0 Å². The third-order valence-corrected chi connectivity index (χ3v) is 1.93. The number of rotatable bonds is 3. The number of alkyl halides is 2. The summed E-state index contributed by atoms with van der Waals surface area (Å²) >= 11 is 0. The van der Waals surface area contributed by atoms with Crippen LogP contribution in [-0.2, 0) is 11.3 Å². The van der Waals surface area contributed by atoms with Gasteiger partial charge in [0, 0.05) is 6.54 Å². The van der Waals surface area contributed by atoms with Crippen molar-refractivity contribution in [3.05, 3.63) is 28.8 Å². The van der Waals surface area contributed by atoms with E-state index in [0.29, 0.717) is 0 Å². The maximum absolute atomic E-state index is 12.9. The van der Waals surface area contributed by atoms with Crippen LogP contribution in [-0.4, -0.2) is 18.1 Å². The van der Waals surface area contributed by atoms with Gasteiger partial charge in [-0.2, -0.15) is 4.39 Å². The van der Waals surface area contributed by atoms with Crippen LogP contribution in [0.15, 0.2) is 6.07 Å². The third-order valence-electron chi connectivity index (χ3n) is 1.93. The molecule has 0 fully saturated rings. The quantitative estimate of drug-likeness (QED) is 0.634. The summed E-state index contributed by atoms with van der Waals surface area (Å²) in [5.74, 6) is -2.17. The van der Waals surface area contributed by atoms with Crippen molar-refractivity contribution in [1.82, 2.24) is 4.98 Å². The molecule has 1 aromatic heterocycles. The predicted octanol–water partition coefficient (Wildman–Crippen LogP) is 1.40. The van der Waals surface area contributed by atoms with Crippen molar-refractivity contribution in [2.24, 2.45) is 5.73 Å². The van der Waals surface area contributed by atoms with Gasteiger partial charge in [-0.3, -0.25) is 0 Å². The number of ether oxygens (including phenoxy) is 1. The number of halogens is 3. The summed E-state index contributed by atoms with van der Waals surface area (Å²) in [7, 11) is 0.992. The number of hydrogen-bond donors (Lipinski definition) is 1. The van der Waals surface area contributed by atoms with Crippen LogP contribution in [0.3, 0.4) is 0 Å². The van der Waals surface area contributed by atoms with Crippen molar-refractivity contribution >= 4 is 5.97 Å². The monoisotopic (exact) mass is 234 g/mol. The van der Waals surface area contributed by atoms with Crippen LogP contribution in [0.4, 0.5) is 13.2 Å². The normalized spacial score (nSPS) is 10.6. The zero-order chi connectivity index (χ0) is 12.3. The summed E-state index contributed by atoms with van der Waals surface area (Å²) in [5.41, 5.74) is 3.60. The molecule has 0 radical (unpaired) electrons. The first-order valence-corrected chi connectivity index (χ1v) is 4.27. The number of methoxy groups -OCH3 is 1. The number of carbonyl (C=O) groups excluding carboxylic acids is 1. The Morgan fingerprint density at radius 3 is 2.69 bits per heavy atom. The van der Waals surface area contributed by atoms with Crippen LogP contribution in [0.1, 0.15) is 28.0 Å². The molecule has 88 valence electrons. The first-order valence-electron chi connectivity index (χ1n) is 4.27. The van der Waals surface area contributed by atoms with Gasteiger partial charge < -0.3 is 10.5 Å². The van der Waals surface area contributed by atoms with Gasteiger partial charge in [-0.25, -0.2) is 18.6 Å². The summed E-state index contributed by atoms with van der Waals surface area (Å²) in [5, 5.41) is 0. The highest BCUT2D eigenvalue weighted by Gasteiger charge is 2.25. The predicted molar refractivity (Wildman–Crippen MR) is 48.4 cm³/mol. The Bertz CT molecular complexity index is 410. The summed E-state index contributed by atoms with van der Waals surface area (Å²) < 4.78 is 42.5. The van der Waals surface area contributed by atoms with E-state index in [1.54, 1.807) is 0 Å². The van der Waals surface area contributed by atoms with Crippen LogP contribution in [0.5, 0.6) is 0 Å². The molecule has 0 unspecified atom stereocenters. The summed E-state index contributed by atoms with van der Waals surface area (Å²) in [6, 6.07) is 0.772. The molecule has 0 amide bonds. The average Bonchev–Trinajstić information content (AvgIpc) is 2.26. The first-order chi connectivity index (χ1) is 7.51. The SMILES string of the molecule is COC(=O)c1nc(F)cc(CN)c1C(F)F. The van der Waals surface area contributed by atoms with Crippen LogP contribution in [0.25, 0.3) is 0 Å². The number of hydrogen-bond acceptors (Lipinski definition) is 4. The van der Waals surface area contributed by atoms with E-state index >= 15 is 0 Å². The topological polar surface area (TPSA) is 65.2 Å². The Kier molecular flexibility index (Phi) is 3.83. The van der Waals surface area contributed by atoms with Crippen molar-refractivity contribution in [1.29, 1.82) is 0 Å². The van der Waals surface area contributed by atoms with Crippen molar-refractivity contribution in [2.75, 3.05) is 7.11 Å². The number of pyridine rings is 1. The molecule has 0 aliphatic rings. The lowest BCUT2D eigenvalue weighted by molar-refractivity contribution is 0.0579. The Morgan fingerprint density at radius 1 is 1.62 bits per heavy atom. The molecule has 7 heteroatoms. The van der Waals surface area contributed by atoms with Gasteiger partial charge in [-0.05, 0) is 11.6 Å². The summed E-state index contributed by atoms with van der Waals surface area (Å²) in [6.45, 7) is -0.316. The second kappa shape index (κ2) is 4.93. The second-order valence-electron chi connectivity index (χ2n) is 2.86. The standard InChI is InChI=1S/C9H9F3N2O2/c1-16-9(15)7-6(8(11)12)4(3-13)2-5(10)14-7/h2,8H,3,13H2,1H3. The molecule has 1 aromatic rings. The highest BCUT2D eigenvalue weighted by molar-refractivity contribution is 5.89. The lowest BCUT2D eigenvalue weighted by Gasteiger charge is -2.10. The highest BCUT2D eigenvalue weighted by atomic mass is 19.3. The number of esters is 1. The fraction of sp³-hybridized carbons (Fsp3) is 0.333. The van der Waals surface area contributed by atoms with E-state index in [-0.39, 0.29) is 12.1 Å². The minimum atomic E-state index is -2.97. The molecule has 0 saturated heterocycles. The molecule has 0 aliphatic carbocycles. The van der Waals surface area contributed by atoms with E-state index in [2.05, 4.69) is 9.72 Å². The number of carbonyl (C=O) groups is 1. The molecule has 0 saturated carbocycles. The van der Waals surface area contributed by atoms with Gasteiger partial charge in [0.15, 0.2) is 5.69 Å². The summed E-state index contributed by atoms with van der Waals surface area (Å²) in [6.07, 6.45) is -2.97. The zero-order valence-electron chi connectivity index (χ0n) is 8.34. The lowest BCUT2D eigenvalue weighted by Crippen LogP contribution is -2.14. The molecular formula is C9H9F3N2O2. The Morgan fingerprint density at radius 2 is 2.25 bits per heavy atom. The fourth-order valence-electron chi connectivity index (χ4n) is 1.24. The Labute approximate surface area is 89.2 Å². The molecule has 1 heterocycles. The molecule has 0 bridgehead atoms. The van der Waals surface area contributed by atoms with Gasteiger partial charge in [-0.15, -0.1) is 0 Å². The maximum Gasteiger partial charge on any atom is 0.357 e. The summed E-state index contributed by atoms with van der Waals surface area (Å²) in [4.78, 5) is 14.2. The smallest absolute Gasteiger partial charge is 0.357 e. The van der Waals surface area contributed by atoms with Crippen molar-refractivity contribution in [3.63, 3.8) is 0 Å². The van der Waals surface area contributed by atoms with Crippen LogP contribution < -0.4 is 5.73 Å². The molecule has 16 heavy (non-hydrogen) atoms. The van der Waals surface area contributed by atoms with Crippen molar-refractivity contribution in [3.8, 4) is 0 Å². The van der Waals surface area contributed by atoms with Crippen LogP contribution >= 0.6 is 0 Å². The molecule has 0 aromatic carbocycles. The lowest BCUT2D eigenvalue weighted by atomic mass is 10.1. The molecular weight excluding hydrogens is 225 g/mol. The van der Waals surface area contributed by atoms with E-state index in [1.807, 2.05) is 0 Å². The third kappa shape index (κ3) is 2.30. The molecule has 1 rings (SSSR count).